The zero-order valence-corrected chi connectivity index (χ0v) is 24.2. The quantitative estimate of drug-likeness (QED) is 0.313. The highest BCUT2D eigenvalue weighted by Gasteiger charge is 2.46. The number of alkyl halides is 12. The molecule has 0 saturated carbocycles. The number of benzene rings is 1. The maximum Gasteiger partial charge on any atom is 0.434 e. The number of pyridine rings is 2. The lowest BCUT2D eigenvalue weighted by Crippen LogP contribution is -2.26. The molecule has 0 aliphatic carbocycles. The molecule has 2 heterocycles. The molecule has 0 atom stereocenters. The summed E-state index contributed by atoms with van der Waals surface area (Å²) < 4.78 is 166. The summed E-state index contributed by atoms with van der Waals surface area (Å²) in [6.45, 7) is 0. The molecule has 1 aromatic carbocycles. The summed E-state index contributed by atoms with van der Waals surface area (Å²) in [6, 6.07) is 8.81. The molecule has 0 bridgehead atoms. The second-order valence-electron chi connectivity index (χ2n) is 9.45. The van der Waals surface area contributed by atoms with Gasteiger partial charge in [0.05, 0.1) is 56.7 Å². The fraction of sp³-hybridized carbons (Fsp3) is 0.133. The Morgan fingerprint density at radius 1 is 0.404 bits per heavy atom. The Morgan fingerprint density at radius 2 is 0.635 bits per heavy atom. The van der Waals surface area contributed by atoms with E-state index in [4.69, 9.17) is 0 Å². The molecule has 3 aromatic rings. The number of hydrogen-bond donors (Lipinski definition) is 0. The molecule has 0 fully saturated rings. The van der Waals surface area contributed by atoms with E-state index >= 15 is 0 Å². The van der Waals surface area contributed by atoms with Crippen LogP contribution in [0.15, 0.2) is 12.1 Å². The van der Waals surface area contributed by atoms with Gasteiger partial charge in [0.15, 0.2) is 22.8 Å². The lowest BCUT2D eigenvalue weighted by molar-refractivity contribution is -0.151. The van der Waals surface area contributed by atoms with E-state index in [-0.39, 0.29) is 12.1 Å². The van der Waals surface area contributed by atoms with Crippen LogP contribution in [0.5, 0.6) is 0 Å². The molecule has 52 heavy (non-hydrogen) atoms. The Balaban J connectivity index is 2.88. The van der Waals surface area contributed by atoms with Crippen molar-refractivity contribution in [3.05, 3.63) is 89.9 Å². The number of halogens is 12. The first-order valence-corrected chi connectivity index (χ1v) is 12.6. The van der Waals surface area contributed by atoms with Crippen molar-refractivity contribution in [3.8, 4) is 48.6 Å². The highest BCUT2D eigenvalue weighted by molar-refractivity contribution is 5.87. The minimum Gasteiger partial charge on any atom is -0.236 e. The van der Waals surface area contributed by atoms with Crippen molar-refractivity contribution in [2.45, 2.75) is 24.7 Å². The minimum atomic E-state index is -5.85. The number of hydrogen-bond acceptors (Lipinski definition) is 10. The SMILES string of the molecule is N#C/C(c1c(C#N)c(C(F)(F)F)nc(C(F)(F)F)c1C#N)=c1/cc(C#N)/c(=C(/C#N)c2c(C#N)c(C(F)(F)F)nc(C(F)(F)F)c2C#N)cc1C#N. The van der Waals surface area contributed by atoms with Gasteiger partial charge >= 0.3 is 24.7 Å². The summed E-state index contributed by atoms with van der Waals surface area (Å²) >= 11 is 0. The lowest BCUT2D eigenvalue weighted by Gasteiger charge is -2.18. The summed E-state index contributed by atoms with van der Waals surface area (Å²) in [7, 11) is 0. The van der Waals surface area contributed by atoms with Gasteiger partial charge in [-0.15, -0.1) is 0 Å². The van der Waals surface area contributed by atoms with Crippen LogP contribution in [0.3, 0.4) is 0 Å². The van der Waals surface area contributed by atoms with Crippen LogP contribution in [-0.4, -0.2) is 9.97 Å². The summed E-state index contributed by atoms with van der Waals surface area (Å²) in [5.41, 5.74) is -26.3. The third kappa shape index (κ3) is 6.65. The normalized spacial score (nSPS) is 12.7. The van der Waals surface area contributed by atoms with E-state index in [0.29, 0.717) is 0 Å². The van der Waals surface area contributed by atoms with Gasteiger partial charge in [0.25, 0.3) is 0 Å². The maximum absolute atomic E-state index is 13.8. The van der Waals surface area contributed by atoms with E-state index in [1.54, 1.807) is 0 Å². The van der Waals surface area contributed by atoms with Crippen LogP contribution in [0.4, 0.5) is 52.7 Å². The zero-order chi connectivity index (χ0) is 39.7. The van der Waals surface area contributed by atoms with E-state index in [9.17, 15) is 94.8 Å². The van der Waals surface area contributed by atoms with Crippen molar-refractivity contribution in [2.24, 2.45) is 0 Å². The Kier molecular flexibility index (Phi) is 9.94. The number of aromatic nitrogens is 2. The van der Waals surface area contributed by atoms with Gasteiger partial charge in [-0.2, -0.15) is 94.8 Å². The Labute approximate surface area is 279 Å². The second kappa shape index (κ2) is 13.3. The average Bonchev–Trinajstić information content (AvgIpc) is 3.05. The predicted molar refractivity (Wildman–Crippen MR) is 139 cm³/mol. The first kappa shape index (κ1) is 38.8. The summed E-state index contributed by atoms with van der Waals surface area (Å²) in [5.74, 6) is 0. The third-order valence-electron chi connectivity index (χ3n) is 6.58. The zero-order valence-electron chi connectivity index (χ0n) is 24.2. The highest BCUT2D eigenvalue weighted by atomic mass is 19.4. The Bertz CT molecular complexity index is 2280. The monoisotopic (exact) mass is 730 g/mol. The molecule has 3 rings (SSSR count). The van der Waals surface area contributed by atoms with E-state index in [1.165, 1.54) is 12.1 Å². The van der Waals surface area contributed by atoms with Crippen LogP contribution < -0.4 is 10.4 Å². The van der Waals surface area contributed by atoms with Gasteiger partial charge in [-0.25, -0.2) is 9.97 Å². The molecule has 10 nitrogen and oxygen atoms in total. The predicted octanol–water partition coefficient (Wildman–Crippen LogP) is 5.23. The molecule has 22 heteroatoms. The lowest BCUT2D eigenvalue weighted by atomic mass is 9.88. The Morgan fingerprint density at radius 3 is 0.788 bits per heavy atom. The van der Waals surface area contributed by atoms with Gasteiger partial charge in [0.1, 0.15) is 36.4 Å². The van der Waals surface area contributed by atoms with Crippen molar-refractivity contribution in [2.75, 3.05) is 0 Å². The topological polar surface area (TPSA) is 216 Å². The van der Waals surface area contributed by atoms with E-state index in [2.05, 4.69) is 9.97 Å². The van der Waals surface area contributed by atoms with Crippen molar-refractivity contribution in [1.29, 1.82) is 42.1 Å². The minimum absolute atomic E-state index is 0.266. The standard InChI is InChI=1S/C30H2F12N10/c31-27(32,33)23-17(7-47)21(18(8-48)24(51-23)28(34,35)36)15(5-45)13-1-11(3-43)14(2-12(13)4-44)16(6-46)22-19(9-49)25(29(37,38)39)52-26(20(22)10-50)30(40,41)42/h1-2H/b15-13-,16-14+. The van der Waals surface area contributed by atoms with Crippen molar-refractivity contribution >= 4 is 11.1 Å². The fourth-order valence-corrected chi connectivity index (χ4v) is 4.63. The maximum atomic E-state index is 13.8. The molecule has 0 unspecified atom stereocenters. The van der Waals surface area contributed by atoms with Gasteiger partial charge in [-0.05, 0) is 12.1 Å². The van der Waals surface area contributed by atoms with Gasteiger partial charge in [-0.1, -0.05) is 0 Å². The van der Waals surface area contributed by atoms with Crippen LogP contribution in [0.1, 0.15) is 67.3 Å². The molecule has 0 radical (unpaired) electrons. The first-order valence-electron chi connectivity index (χ1n) is 12.6. The van der Waals surface area contributed by atoms with Crippen LogP contribution >= 0.6 is 0 Å². The van der Waals surface area contributed by atoms with Crippen molar-refractivity contribution in [3.63, 3.8) is 0 Å². The first-order chi connectivity index (χ1) is 24.0. The van der Waals surface area contributed by atoms with E-state index in [1.807, 2.05) is 0 Å². The average molecular weight is 730 g/mol. The smallest absolute Gasteiger partial charge is 0.236 e. The largest absolute Gasteiger partial charge is 0.434 e. The fourth-order valence-electron chi connectivity index (χ4n) is 4.63. The van der Waals surface area contributed by atoms with Gasteiger partial charge in [0, 0.05) is 21.6 Å². The molecule has 0 aliphatic heterocycles. The molecule has 256 valence electrons. The molecule has 0 saturated heterocycles. The van der Waals surface area contributed by atoms with Crippen LogP contribution in [-0.2, 0) is 24.7 Å². The number of nitrogens with zero attached hydrogens (tertiary/aromatic N) is 10. The van der Waals surface area contributed by atoms with Crippen LogP contribution in [0, 0.1) is 90.6 Å². The Hall–Kier alpha value is -7.66. The number of nitriles is 8. The van der Waals surface area contributed by atoms with Crippen LogP contribution in [0.25, 0.3) is 11.1 Å². The van der Waals surface area contributed by atoms with Gasteiger partial charge in [0.2, 0.25) is 0 Å². The number of rotatable bonds is 2. The van der Waals surface area contributed by atoms with Crippen molar-refractivity contribution < 1.29 is 52.7 Å². The molecular formula is C30H2F12N10. The van der Waals surface area contributed by atoms with Crippen molar-refractivity contribution in [1.82, 2.24) is 9.97 Å². The van der Waals surface area contributed by atoms with E-state index < -0.39 is 114 Å². The molecule has 0 spiro atoms. The summed E-state index contributed by atoms with van der Waals surface area (Å²) in [5, 5.41) is 75.6. The van der Waals surface area contributed by atoms with E-state index in [0.717, 1.165) is 36.4 Å². The molecule has 0 aliphatic rings. The van der Waals surface area contributed by atoms with Crippen LogP contribution in [0.2, 0.25) is 0 Å². The second-order valence-corrected chi connectivity index (χ2v) is 9.45. The van der Waals surface area contributed by atoms with Gasteiger partial charge in [-0.3, -0.25) is 0 Å². The molecular weight excluding hydrogens is 728 g/mol. The summed E-state index contributed by atoms with van der Waals surface area (Å²) in [6.07, 6.45) is -23.4. The molecule has 2 aromatic heterocycles. The summed E-state index contributed by atoms with van der Waals surface area (Å²) in [4.78, 5) is 4.75. The highest BCUT2D eigenvalue weighted by Crippen LogP contribution is 2.42. The van der Waals surface area contributed by atoms with Gasteiger partial charge < -0.3 is 0 Å². The molecule has 0 amide bonds. The molecule has 0 N–H and O–H groups in total. The third-order valence-corrected chi connectivity index (χ3v) is 6.58.